The van der Waals surface area contributed by atoms with Crippen LogP contribution in [-0.4, -0.2) is 49.2 Å². The van der Waals surface area contributed by atoms with Gasteiger partial charge in [-0.25, -0.2) is 8.42 Å². The Morgan fingerprint density at radius 3 is 2.26 bits per heavy atom. The number of nitrogens with one attached hydrogen (secondary N) is 1. The van der Waals surface area contributed by atoms with Gasteiger partial charge in [-0.15, -0.1) is 0 Å². The van der Waals surface area contributed by atoms with E-state index in [2.05, 4.69) is 5.32 Å². The van der Waals surface area contributed by atoms with Gasteiger partial charge in [0.1, 0.15) is 5.75 Å². The number of carbonyl (C=O) groups is 2. The number of hydrogen-bond donors (Lipinski definition) is 1. The van der Waals surface area contributed by atoms with Crippen LogP contribution in [0.4, 0.5) is 0 Å². The number of benzene rings is 1. The van der Waals surface area contributed by atoms with Crippen molar-refractivity contribution in [2.75, 3.05) is 18.8 Å². The van der Waals surface area contributed by atoms with Gasteiger partial charge in [-0.1, -0.05) is 43.2 Å². The standard InChI is InChI=1S/C20H28N2O4S/c23-19(15-27(25,26)18-8-4-5-9-18)22-12-10-17(11-13-22)20(24)21-14-16-6-2-1-3-7-16/h1-3,6-7,17-18H,4-5,8-15H2,(H,21,24). The van der Waals surface area contributed by atoms with Crippen LogP contribution >= 0.6 is 0 Å². The monoisotopic (exact) mass is 392 g/mol. The molecule has 2 fully saturated rings. The number of hydrogen-bond acceptors (Lipinski definition) is 4. The summed E-state index contributed by atoms with van der Waals surface area (Å²) in [5.41, 5.74) is 1.05. The predicted molar refractivity (Wildman–Crippen MR) is 104 cm³/mol. The molecule has 7 heteroatoms. The van der Waals surface area contributed by atoms with E-state index in [0.717, 1.165) is 18.4 Å². The minimum Gasteiger partial charge on any atom is -0.352 e. The van der Waals surface area contributed by atoms with E-state index in [1.165, 1.54) is 0 Å². The normalized spacial score (nSPS) is 19.2. The Morgan fingerprint density at radius 1 is 1.00 bits per heavy atom. The number of likely N-dealkylation sites (tertiary alicyclic amines) is 1. The smallest absolute Gasteiger partial charge is 0.237 e. The fraction of sp³-hybridized carbons (Fsp3) is 0.600. The summed E-state index contributed by atoms with van der Waals surface area (Å²) in [5, 5.41) is 2.61. The minimum absolute atomic E-state index is 0.00419. The molecule has 1 aromatic carbocycles. The highest BCUT2D eigenvalue weighted by molar-refractivity contribution is 7.92. The van der Waals surface area contributed by atoms with Crippen molar-refractivity contribution in [1.82, 2.24) is 10.2 Å². The Labute approximate surface area is 161 Å². The van der Waals surface area contributed by atoms with E-state index in [0.29, 0.717) is 45.3 Å². The summed E-state index contributed by atoms with van der Waals surface area (Å²) in [7, 11) is -3.35. The lowest BCUT2D eigenvalue weighted by Crippen LogP contribution is -2.45. The first kappa shape index (κ1) is 19.9. The lowest BCUT2D eigenvalue weighted by atomic mass is 9.96. The number of amides is 2. The van der Waals surface area contributed by atoms with Gasteiger partial charge in [0, 0.05) is 25.6 Å². The molecule has 27 heavy (non-hydrogen) atoms. The van der Waals surface area contributed by atoms with E-state index in [1.807, 2.05) is 30.3 Å². The third-order valence-electron chi connectivity index (χ3n) is 5.66. The third kappa shape index (κ3) is 5.31. The molecule has 1 saturated carbocycles. The first-order valence-electron chi connectivity index (χ1n) is 9.77. The maximum Gasteiger partial charge on any atom is 0.237 e. The number of sulfone groups is 1. The molecule has 2 amide bonds. The van der Waals surface area contributed by atoms with Crippen molar-refractivity contribution in [3.05, 3.63) is 35.9 Å². The first-order chi connectivity index (χ1) is 13.0. The number of rotatable bonds is 6. The van der Waals surface area contributed by atoms with Crippen LogP contribution in [0.25, 0.3) is 0 Å². The van der Waals surface area contributed by atoms with Gasteiger partial charge in [0.05, 0.1) is 5.25 Å². The molecule has 0 radical (unpaired) electrons. The fourth-order valence-electron chi connectivity index (χ4n) is 3.95. The summed E-state index contributed by atoms with van der Waals surface area (Å²) >= 11 is 0. The van der Waals surface area contributed by atoms with E-state index >= 15 is 0 Å². The molecule has 1 saturated heterocycles. The van der Waals surface area contributed by atoms with Gasteiger partial charge in [-0.2, -0.15) is 0 Å². The number of piperidine rings is 1. The van der Waals surface area contributed by atoms with E-state index in [9.17, 15) is 18.0 Å². The SMILES string of the molecule is O=C(NCc1ccccc1)C1CCN(C(=O)CS(=O)(=O)C2CCCC2)CC1. The third-order valence-corrected chi connectivity index (χ3v) is 7.80. The lowest BCUT2D eigenvalue weighted by Gasteiger charge is -2.31. The summed E-state index contributed by atoms with van der Waals surface area (Å²) in [5.74, 6) is -0.818. The number of nitrogens with zero attached hydrogens (tertiary/aromatic N) is 1. The molecule has 1 heterocycles. The van der Waals surface area contributed by atoms with Gasteiger partial charge in [-0.05, 0) is 31.2 Å². The molecule has 0 bridgehead atoms. The Morgan fingerprint density at radius 2 is 1.63 bits per heavy atom. The summed E-state index contributed by atoms with van der Waals surface area (Å²) in [6.07, 6.45) is 4.38. The van der Waals surface area contributed by atoms with Crippen LogP contribution in [0, 0.1) is 5.92 Å². The Kier molecular flexibility index (Phi) is 6.52. The van der Waals surface area contributed by atoms with Gasteiger partial charge in [-0.3, -0.25) is 9.59 Å². The molecule has 2 aliphatic rings. The molecule has 6 nitrogen and oxygen atoms in total. The fourth-order valence-corrected chi connectivity index (χ4v) is 5.76. The van der Waals surface area contributed by atoms with Crippen molar-refractivity contribution in [3.63, 3.8) is 0 Å². The Bertz CT molecular complexity index is 749. The van der Waals surface area contributed by atoms with Crippen LogP contribution in [0.3, 0.4) is 0 Å². The zero-order valence-corrected chi connectivity index (χ0v) is 16.4. The average molecular weight is 393 g/mol. The van der Waals surface area contributed by atoms with Crippen molar-refractivity contribution in [2.45, 2.75) is 50.3 Å². The zero-order chi connectivity index (χ0) is 19.3. The summed E-state index contributed by atoms with van der Waals surface area (Å²) in [6, 6.07) is 9.74. The topological polar surface area (TPSA) is 83.6 Å². The van der Waals surface area contributed by atoms with Crippen molar-refractivity contribution < 1.29 is 18.0 Å². The molecule has 0 spiro atoms. The maximum absolute atomic E-state index is 12.4. The highest BCUT2D eigenvalue weighted by Crippen LogP contribution is 2.26. The quantitative estimate of drug-likeness (QED) is 0.801. The van der Waals surface area contributed by atoms with Crippen LogP contribution in [-0.2, 0) is 26.0 Å². The van der Waals surface area contributed by atoms with Crippen LogP contribution in [0.15, 0.2) is 30.3 Å². The molecule has 1 N–H and O–H groups in total. The predicted octanol–water partition coefficient (Wildman–Crippen LogP) is 1.90. The molecule has 1 aliphatic heterocycles. The second kappa shape index (κ2) is 8.87. The van der Waals surface area contributed by atoms with E-state index < -0.39 is 9.84 Å². The van der Waals surface area contributed by atoms with Gasteiger partial charge >= 0.3 is 0 Å². The van der Waals surface area contributed by atoms with Crippen molar-refractivity contribution in [3.8, 4) is 0 Å². The second-order valence-corrected chi connectivity index (χ2v) is 9.85. The highest BCUT2D eigenvalue weighted by Gasteiger charge is 2.34. The maximum atomic E-state index is 12.4. The first-order valence-corrected chi connectivity index (χ1v) is 11.5. The minimum atomic E-state index is -3.35. The van der Waals surface area contributed by atoms with Crippen LogP contribution in [0.5, 0.6) is 0 Å². The molecule has 3 rings (SSSR count). The van der Waals surface area contributed by atoms with Crippen LogP contribution < -0.4 is 5.32 Å². The van der Waals surface area contributed by atoms with E-state index in [-0.39, 0.29) is 28.7 Å². The van der Waals surface area contributed by atoms with Crippen molar-refractivity contribution in [1.29, 1.82) is 0 Å². The van der Waals surface area contributed by atoms with E-state index in [4.69, 9.17) is 0 Å². The summed E-state index contributed by atoms with van der Waals surface area (Å²) < 4.78 is 24.7. The molecule has 0 unspecified atom stereocenters. The molecular formula is C20H28N2O4S. The molecule has 148 valence electrons. The van der Waals surface area contributed by atoms with E-state index in [1.54, 1.807) is 4.90 Å². The number of carbonyl (C=O) groups excluding carboxylic acids is 2. The molecule has 1 aromatic rings. The zero-order valence-electron chi connectivity index (χ0n) is 15.6. The summed E-state index contributed by atoms with van der Waals surface area (Å²) in [6.45, 7) is 1.39. The van der Waals surface area contributed by atoms with Crippen molar-refractivity contribution in [2.24, 2.45) is 5.92 Å². The van der Waals surface area contributed by atoms with Crippen molar-refractivity contribution >= 4 is 21.7 Å². The summed E-state index contributed by atoms with van der Waals surface area (Å²) in [4.78, 5) is 26.3. The molecule has 1 aliphatic carbocycles. The molecule has 0 aromatic heterocycles. The van der Waals surface area contributed by atoms with Gasteiger partial charge in [0.25, 0.3) is 0 Å². The Balaban J connectivity index is 1.44. The lowest BCUT2D eigenvalue weighted by molar-refractivity contribution is -0.133. The van der Waals surface area contributed by atoms with Crippen LogP contribution in [0.2, 0.25) is 0 Å². The Hall–Kier alpha value is -1.89. The van der Waals surface area contributed by atoms with Crippen LogP contribution in [0.1, 0.15) is 44.1 Å². The van der Waals surface area contributed by atoms with Gasteiger partial charge in [0.2, 0.25) is 11.8 Å². The molecule has 0 atom stereocenters. The largest absolute Gasteiger partial charge is 0.352 e. The van der Waals surface area contributed by atoms with Gasteiger partial charge in [0.15, 0.2) is 9.84 Å². The average Bonchev–Trinajstić information content (AvgIpc) is 3.22. The molecular weight excluding hydrogens is 364 g/mol. The second-order valence-electron chi connectivity index (χ2n) is 7.57. The highest BCUT2D eigenvalue weighted by atomic mass is 32.2. The van der Waals surface area contributed by atoms with Gasteiger partial charge < -0.3 is 10.2 Å².